The summed E-state index contributed by atoms with van der Waals surface area (Å²) in [5.41, 5.74) is 7.59. The molecule has 0 radical (unpaired) electrons. The zero-order valence-corrected chi connectivity index (χ0v) is 9.84. The molecule has 1 aliphatic carbocycles. The minimum absolute atomic E-state index is 0.268. The van der Waals surface area contributed by atoms with E-state index in [0.29, 0.717) is 6.04 Å². The van der Waals surface area contributed by atoms with Crippen molar-refractivity contribution in [3.05, 3.63) is 18.2 Å². The Morgan fingerprint density at radius 1 is 1.38 bits per heavy atom. The first kappa shape index (κ1) is 10.3. The number of aryl methyl sites for hydroxylation is 1. The number of likely N-dealkylation sites (tertiary alicyclic amines) is 1. The van der Waals surface area contributed by atoms with Crippen LogP contribution in [0.2, 0.25) is 0 Å². The fraction of sp³-hybridized carbons (Fsp3) is 0.750. The Labute approximate surface area is 96.4 Å². The summed E-state index contributed by atoms with van der Waals surface area (Å²) in [6.07, 6.45) is 8.93. The van der Waals surface area contributed by atoms with Crippen molar-refractivity contribution in [2.75, 3.05) is 6.54 Å². The molecule has 0 aromatic carbocycles. The summed E-state index contributed by atoms with van der Waals surface area (Å²) < 4.78 is 2.12. The van der Waals surface area contributed by atoms with Crippen molar-refractivity contribution in [3.8, 4) is 0 Å². The van der Waals surface area contributed by atoms with E-state index in [1.54, 1.807) is 0 Å². The number of aromatic nitrogens is 2. The van der Waals surface area contributed by atoms with E-state index < -0.39 is 0 Å². The molecule has 0 amide bonds. The summed E-state index contributed by atoms with van der Waals surface area (Å²) in [6.45, 7) is 1.20. The lowest BCUT2D eigenvalue weighted by Gasteiger charge is -2.40. The molecule has 2 unspecified atom stereocenters. The Balaban J connectivity index is 1.90. The third-order valence-corrected chi connectivity index (χ3v) is 3.89. The molecule has 1 aromatic heterocycles. The molecular formula is C12H20N4. The van der Waals surface area contributed by atoms with Crippen LogP contribution in [0.3, 0.4) is 0 Å². The van der Waals surface area contributed by atoms with Crippen LogP contribution in [0.1, 0.15) is 37.4 Å². The van der Waals surface area contributed by atoms with Crippen LogP contribution >= 0.6 is 0 Å². The zero-order chi connectivity index (χ0) is 11.1. The predicted molar refractivity (Wildman–Crippen MR) is 62.9 cm³/mol. The standard InChI is InChI=1S/C12H20N4/c1-15-8-14-7-11(15)12-10(13)3-2-6-16(12)9-4-5-9/h7-10,12H,2-6,13H2,1H3. The third kappa shape index (κ3) is 1.66. The molecule has 0 bridgehead atoms. The SMILES string of the molecule is Cn1cncc1C1C(N)CCCN1C1CC1. The smallest absolute Gasteiger partial charge is 0.0946 e. The van der Waals surface area contributed by atoms with E-state index in [9.17, 15) is 0 Å². The van der Waals surface area contributed by atoms with Crippen molar-refractivity contribution in [1.82, 2.24) is 14.5 Å². The molecule has 3 rings (SSSR count). The fourth-order valence-electron chi connectivity index (χ4n) is 2.91. The van der Waals surface area contributed by atoms with Crippen molar-refractivity contribution < 1.29 is 0 Å². The summed E-state index contributed by atoms with van der Waals surface area (Å²) >= 11 is 0. The van der Waals surface area contributed by atoms with E-state index in [4.69, 9.17) is 5.73 Å². The monoisotopic (exact) mass is 220 g/mol. The third-order valence-electron chi connectivity index (χ3n) is 3.89. The van der Waals surface area contributed by atoms with Gasteiger partial charge in [-0.05, 0) is 32.2 Å². The molecular weight excluding hydrogens is 200 g/mol. The van der Waals surface area contributed by atoms with Gasteiger partial charge in [0.2, 0.25) is 0 Å². The highest BCUT2D eigenvalue weighted by Crippen LogP contribution is 2.38. The van der Waals surface area contributed by atoms with Crippen LogP contribution in [0.4, 0.5) is 0 Å². The van der Waals surface area contributed by atoms with E-state index in [-0.39, 0.29) is 6.04 Å². The minimum Gasteiger partial charge on any atom is -0.336 e. The van der Waals surface area contributed by atoms with Gasteiger partial charge in [-0.15, -0.1) is 0 Å². The molecule has 1 saturated heterocycles. The van der Waals surface area contributed by atoms with Crippen LogP contribution in [0.5, 0.6) is 0 Å². The van der Waals surface area contributed by atoms with E-state index in [1.807, 2.05) is 12.5 Å². The largest absolute Gasteiger partial charge is 0.336 e. The molecule has 2 N–H and O–H groups in total. The van der Waals surface area contributed by atoms with Crippen LogP contribution in [-0.4, -0.2) is 33.1 Å². The second kappa shape index (κ2) is 3.86. The van der Waals surface area contributed by atoms with Gasteiger partial charge < -0.3 is 10.3 Å². The van der Waals surface area contributed by atoms with Gasteiger partial charge in [0.05, 0.1) is 18.1 Å². The van der Waals surface area contributed by atoms with Crippen molar-refractivity contribution in [2.45, 2.75) is 43.8 Å². The van der Waals surface area contributed by atoms with Crippen molar-refractivity contribution in [3.63, 3.8) is 0 Å². The molecule has 1 aliphatic heterocycles. The molecule has 16 heavy (non-hydrogen) atoms. The minimum atomic E-state index is 0.268. The van der Waals surface area contributed by atoms with E-state index in [0.717, 1.165) is 12.5 Å². The van der Waals surface area contributed by atoms with E-state index in [2.05, 4.69) is 21.5 Å². The molecule has 1 aromatic rings. The fourth-order valence-corrected chi connectivity index (χ4v) is 2.91. The first-order valence-electron chi connectivity index (χ1n) is 6.25. The van der Waals surface area contributed by atoms with Gasteiger partial charge in [-0.3, -0.25) is 4.90 Å². The number of nitrogens with zero attached hydrogens (tertiary/aromatic N) is 3. The molecule has 4 nitrogen and oxygen atoms in total. The predicted octanol–water partition coefficient (Wildman–Crippen LogP) is 1.05. The Hall–Kier alpha value is -0.870. The Kier molecular flexibility index (Phi) is 2.48. The quantitative estimate of drug-likeness (QED) is 0.810. The molecule has 2 atom stereocenters. The lowest BCUT2D eigenvalue weighted by Crippen LogP contribution is -2.47. The summed E-state index contributed by atoms with van der Waals surface area (Å²) in [6, 6.07) is 1.43. The van der Waals surface area contributed by atoms with Gasteiger partial charge in [-0.25, -0.2) is 4.98 Å². The summed E-state index contributed by atoms with van der Waals surface area (Å²) in [7, 11) is 2.06. The van der Waals surface area contributed by atoms with Crippen molar-refractivity contribution >= 4 is 0 Å². The van der Waals surface area contributed by atoms with Crippen molar-refractivity contribution in [2.24, 2.45) is 12.8 Å². The number of rotatable bonds is 2. The van der Waals surface area contributed by atoms with Gasteiger partial charge >= 0.3 is 0 Å². The zero-order valence-electron chi connectivity index (χ0n) is 9.84. The van der Waals surface area contributed by atoms with Gasteiger partial charge in [0.25, 0.3) is 0 Å². The van der Waals surface area contributed by atoms with Gasteiger partial charge in [-0.2, -0.15) is 0 Å². The molecule has 88 valence electrons. The second-order valence-electron chi connectivity index (χ2n) is 5.15. The van der Waals surface area contributed by atoms with Crippen LogP contribution in [0.25, 0.3) is 0 Å². The van der Waals surface area contributed by atoms with E-state index in [1.165, 1.54) is 31.5 Å². The van der Waals surface area contributed by atoms with Gasteiger partial charge in [0, 0.05) is 25.3 Å². The molecule has 2 aliphatic rings. The molecule has 4 heteroatoms. The normalized spacial score (nSPS) is 31.9. The lowest BCUT2D eigenvalue weighted by atomic mass is 9.94. The molecule has 0 spiro atoms. The van der Waals surface area contributed by atoms with Gasteiger partial charge in [0.1, 0.15) is 0 Å². The lowest BCUT2D eigenvalue weighted by molar-refractivity contribution is 0.114. The average Bonchev–Trinajstić information content (AvgIpc) is 3.03. The van der Waals surface area contributed by atoms with Gasteiger partial charge in [0.15, 0.2) is 0 Å². The number of hydrogen-bond acceptors (Lipinski definition) is 3. The molecule has 2 heterocycles. The first-order chi connectivity index (χ1) is 7.77. The Morgan fingerprint density at radius 3 is 2.81 bits per heavy atom. The summed E-state index contributed by atoms with van der Waals surface area (Å²) in [5.74, 6) is 0. The maximum Gasteiger partial charge on any atom is 0.0946 e. The highest BCUT2D eigenvalue weighted by Gasteiger charge is 2.40. The van der Waals surface area contributed by atoms with Crippen molar-refractivity contribution in [1.29, 1.82) is 0 Å². The number of nitrogens with two attached hydrogens (primary N) is 1. The second-order valence-corrected chi connectivity index (χ2v) is 5.15. The number of hydrogen-bond donors (Lipinski definition) is 1. The number of imidazole rings is 1. The first-order valence-corrected chi connectivity index (χ1v) is 6.25. The maximum atomic E-state index is 6.31. The highest BCUT2D eigenvalue weighted by molar-refractivity contribution is 5.12. The van der Waals surface area contributed by atoms with Crippen LogP contribution in [0.15, 0.2) is 12.5 Å². The maximum absolute atomic E-state index is 6.31. The van der Waals surface area contributed by atoms with Crippen LogP contribution < -0.4 is 5.73 Å². The van der Waals surface area contributed by atoms with Crippen LogP contribution in [0, 0.1) is 0 Å². The molecule has 2 fully saturated rings. The van der Waals surface area contributed by atoms with E-state index >= 15 is 0 Å². The summed E-state index contributed by atoms with van der Waals surface area (Å²) in [5, 5.41) is 0. The summed E-state index contributed by atoms with van der Waals surface area (Å²) in [4.78, 5) is 6.83. The van der Waals surface area contributed by atoms with Gasteiger partial charge in [-0.1, -0.05) is 0 Å². The highest BCUT2D eigenvalue weighted by atomic mass is 15.3. The Morgan fingerprint density at radius 2 is 2.19 bits per heavy atom. The average molecular weight is 220 g/mol. The topological polar surface area (TPSA) is 47.1 Å². The molecule has 1 saturated carbocycles. The Bertz CT molecular complexity index is 369. The van der Waals surface area contributed by atoms with Crippen LogP contribution in [-0.2, 0) is 7.05 Å². The number of piperidine rings is 1.